The van der Waals surface area contributed by atoms with Gasteiger partial charge < -0.3 is 46.0 Å². The van der Waals surface area contributed by atoms with Crippen molar-refractivity contribution in [2.75, 3.05) is 0 Å². The second-order valence-corrected chi connectivity index (χ2v) is 0.671. The maximum Gasteiger partial charge on any atom is 3.00 e. The van der Waals surface area contributed by atoms with Crippen molar-refractivity contribution in [3.8, 4) is 0 Å². The van der Waals surface area contributed by atoms with Gasteiger partial charge in [-0.15, -0.1) is 0 Å². The van der Waals surface area contributed by atoms with E-state index in [0.29, 0.717) is 0 Å². The van der Waals surface area contributed by atoms with E-state index in [1.165, 1.54) is 0 Å². The van der Waals surface area contributed by atoms with Crippen LogP contribution in [0.3, 0.4) is 0 Å². The predicted molar refractivity (Wildman–Crippen MR) is 45.4 cm³/mol. The maximum atomic E-state index is 8.25. The Morgan fingerprint density at radius 3 is 0.571 bits per heavy atom. The zero-order chi connectivity index (χ0) is 10.7. The first kappa shape index (κ1) is 29.3. The number of hydrogen-bond donors (Lipinski definition) is 0. The molecule has 0 radical (unpaired) electrons. The summed E-state index contributed by atoms with van der Waals surface area (Å²) in [4.78, 5) is 24.8. The Morgan fingerprint density at radius 2 is 0.571 bits per heavy atom. The second-order valence-electron chi connectivity index (χ2n) is 0.671. The van der Waals surface area contributed by atoms with Gasteiger partial charge in [-0.2, -0.15) is 0 Å². The van der Waals surface area contributed by atoms with Crippen molar-refractivity contribution >= 4 is 40.4 Å². The molecule has 0 aliphatic rings. The zero-order valence-electron chi connectivity index (χ0n) is 5.59. The van der Waals surface area contributed by atoms with Crippen molar-refractivity contribution in [3.63, 3.8) is 0 Å². The third-order valence-corrected chi connectivity index (χ3v) is 0. The normalized spacial score (nSPS) is 5.14. The van der Waals surface area contributed by atoms with Crippen LogP contribution in [0.1, 0.15) is 0 Å². The number of rotatable bonds is 0. The van der Waals surface area contributed by atoms with Gasteiger partial charge in [0.15, 0.2) is 0 Å². The Labute approximate surface area is 102 Å². The van der Waals surface area contributed by atoms with E-state index in [2.05, 4.69) is 0 Å². The van der Waals surface area contributed by atoms with Crippen LogP contribution in [0.15, 0.2) is 0 Å². The van der Waals surface area contributed by atoms with Crippen LogP contribution in [0.2, 0.25) is 0 Å². The monoisotopic (exact) mass is 239 g/mol. The minimum Gasteiger partial charge on any atom is -0.356 e. The second kappa shape index (κ2) is 22.7. The topological polar surface area (TPSA) is 199 Å². The van der Waals surface area contributed by atoms with E-state index in [0.717, 1.165) is 0 Å². The van der Waals surface area contributed by atoms with Crippen LogP contribution >= 0.6 is 0 Å². The fourth-order valence-corrected chi connectivity index (χ4v) is 0. The summed E-state index contributed by atoms with van der Waals surface area (Å²) < 4.78 is 0. The third-order valence-electron chi connectivity index (χ3n) is 0. The van der Waals surface area contributed by atoms with Gasteiger partial charge in [-0.3, -0.25) is 0 Å². The summed E-state index contributed by atoms with van der Waals surface area (Å²) in [6, 6.07) is 0. The molecule has 0 spiro atoms. The minimum absolute atomic E-state index is 0. The van der Waals surface area contributed by atoms with E-state index in [4.69, 9.17) is 46.0 Å². The quantitative estimate of drug-likeness (QED) is 0.260. The molecule has 0 heterocycles. The van der Waals surface area contributed by atoms with Crippen LogP contribution in [0, 0.1) is 46.0 Å². The molecule has 0 aliphatic heterocycles. The van der Waals surface area contributed by atoms with Gasteiger partial charge in [0.05, 0.1) is 15.3 Å². The van der Waals surface area contributed by atoms with Crippen LogP contribution in [-0.4, -0.2) is 55.7 Å². The van der Waals surface area contributed by atoms with Crippen LogP contribution < -0.4 is 0 Å². The Balaban J connectivity index is -0.0000000270. The van der Waals surface area contributed by atoms with Gasteiger partial charge in [0, 0.05) is 0 Å². The van der Waals surface area contributed by atoms with Gasteiger partial charge in [-0.1, -0.05) is 0 Å². The van der Waals surface area contributed by atoms with Crippen LogP contribution in [0.5, 0.6) is 0 Å². The summed E-state index contributed by atoms with van der Waals surface area (Å²) in [5.41, 5.74) is 0. The van der Waals surface area contributed by atoms with Crippen molar-refractivity contribution < 1.29 is 15.3 Å². The molecule has 0 fully saturated rings. The Kier molecular flexibility index (Phi) is 47.4. The molecule has 0 saturated heterocycles. The van der Waals surface area contributed by atoms with Gasteiger partial charge >= 0.3 is 40.4 Å². The molecule has 76 valence electrons. The fraction of sp³-hybridized carbons (Fsp3) is 0. The molecule has 0 rings (SSSR count). The molecule has 0 aromatic carbocycles. The van der Waals surface area contributed by atoms with Crippen molar-refractivity contribution in [1.82, 2.24) is 0 Å². The van der Waals surface area contributed by atoms with Crippen molar-refractivity contribution in [3.05, 3.63) is 46.0 Å². The zero-order valence-corrected chi connectivity index (χ0v) is 6.75. The van der Waals surface area contributed by atoms with E-state index in [9.17, 15) is 0 Å². The van der Waals surface area contributed by atoms with E-state index < -0.39 is 15.3 Å². The van der Waals surface area contributed by atoms with Crippen LogP contribution in [0.4, 0.5) is 0 Å². The molecule has 0 aromatic rings. The Bertz CT molecular complexity index is 118. The molecular weight excluding hydrogens is 237 g/mol. The summed E-state index contributed by atoms with van der Waals surface area (Å²) in [5, 5.41) is 44.2. The molecule has 0 atom stereocenters. The third kappa shape index (κ3) is 880. The van der Waals surface area contributed by atoms with Gasteiger partial charge in [-0.05, 0) is 0 Å². The van der Waals surface area contributed by atoms with Crippen molar-refractivity contribution in [1.29, 1.82) is 0 Å². The van der Waals surface area contributed by atoms with Crippen molar-refractivity contribution in [2.45, 2.75) is 0 Å². The molecule has 14 heteroatoms. The summed E-state index contributed by atoms with van der Waals surface area (Å²) in [6.07, 6.45) is 0. The molecule has 0 unspecified atom stereocenters. The fourth-order valence-electron chi connectivity index (χ4n) is 0. The van der Waals surface area contributed by atoms with E-state index in [-0.39, 0.29) is 40.4 Å². The van der Waals surface area contributed by atoms with E-state index >= 15 is 0 Å². The summed E-state index contributed by atoms with van der Waals surface area (Å²) >= 11 is 0. The molecular formula is H2AlMgN3O9. The SMILES string of the molecule is O=[N+]([O-])[O-].O=[N+]([O-])[O-].O=[N+]([O-])[O-].[Al+3].[MgH2]. The maximum absolute atomic E-state index is 8.25. The molecule has 0 saturated carbocycles. The molecule has 14 heavy (non-hydrogen) atoms. The predicted octanol–water partition coefficient (Wildman–Crippen LogP) is -2.01. The van der Waals surface area contributed by atoms with E-state index in [1.807, 2.05) is 0 Å². The first-order chi connectivity index (χ1) is 5.20. The Morgan fingerprint density at radius 1 is 0.571 bits per heavy atom. The smallest absolute Gasteiger partial charge is 0.356 e. The van der Waals surface area contributed by atoms with Gasteiger partial charge in [0.1, 0.15) is 0 Å². The molecule has 0 bridgehead atoms. The molecule has 0 aliphatic carbocycles. The minimum atomic E-state index is -1.75. The molecule has 0 amide bonds. The average molecular weight is 239 g/mol. The molecule has 12 nitrogen and oxygen atoms in total. The number of hydrogen-bond acceptors (Lipinski definition) is 9. The average Bonchev–Trinajstić information content (AvgIpc) is 1.54. The first-order valence-corrected chi connectivity index (χ1v) is 1.64. The molecule has 0 aromatic heterocycles. The summed E-state index contributed by atoms with van der Waals surface area (Å²) in [7, 11) is 0. The van der Waals surface area contributed by atoms with Gasteiger partial charge in [0.2, 0.25) is 0 Å². The largest absolute Gasteiger partial charge is 3.00 e. The summed E-state index contributed by atoms with van der Waals surface area (Å²) in [5.74, 6) is 0. The summed E-state index contributed by atoms with van der Waals surface area (Å²) in [6.45, 7) is 0. The van der Waals surface area contributed by atoms with Crippen LogP contribution in [0.25, 0.3) is 0 Å². The van der Waals surface area contributed by atoms with Crippen LogP contribution in [-0.2, 0) is 0 Å². The Hall–Kier alpha value is -1.10. The van der Waals surface area contributed by atoms with E-state index in [1.54, 1.807) is 0 Å². The van der Waals surface area contributed by atoms with Gasteiger partial charge in [-0.25, -0.2) is 0 Å². The number of nitrogens with zero attached hydrogens (tertiary/aromatic N) is 3. The van der Waals surface area contributed by atoms with Gasteiger partial charge in [0.25, 0.3) is 0 Å². The first-order valence-electron chi connectivity index (χ1n) is 1.64. The van der Waals surface area contributed by atoms with Crippen molar-refractivity contribution in [2.24, 2.45) is 0 Å². The molecule has 0 N–H and O–H groups in total. The standard InChI is InChI=1S/Al.Mg.3NO3.2H/c;;3*2-1(3)4;;/q+3;;3*-1;;.